The summed E-state index contributed by atoms with van der Waals surface area (Å²) in [6, 6.07) is 3.63. The van der Waals surface area contributed by atoms with Crippen LogP contribution in [0.3, 0.4) is 0 Å². The van der Waals surface area contributed by atoms with Gasteiger partial charge in [-0.05, 0) is 31.1 Å². The molecule has 0 spiro atoms. The van der Waals surface area contributed by atoms with E-state index in [1.165, 1.54) is 12.2 Å². The Hall–Kier alpha value is -1.77. The fourth-order valence-electron chi connectivity index (χ4n) is 1.13. The van der Waals surface area contributed by atoms with Gasteiger partial charge in [-0.3, -0.25) is 4.79 Å². The maximum absolute atomic E-state index is 10.5. The van der Waals surface area contributed by atoms with E-state index in [9.17, 15) is 9.90 Å². The molecule has 0 aromatic heterocycles. The molecule has 1 rings (SSSR count). The first-order chi connectivity index (χ1) is 6.52. The topological polar surface area (TPSA) is 63.3 Å². The van der Waals surface area contributed by atoms with E-state index in [1.54, 1.807) is 6.07 Å². The molecule has 0 saturated carbocycles. The smallest absolute Gasteiger partial charge is 0.241 e. The van der Waals surface area contributed by atoms with E-state index in [2.05, 4.69) is 0 Å². The Morgan fingerprint density at radius 2 is 2.07 bits per heavy atom. The van der Waals surface area contributed by atoms with E-state index in [1.807, 2.05) is 19.9 Å². The Morgan fingerprint density at radius 1 is 1.43 bits per heavy atom. The van der Waals surface area contributed by atoms with Crippen LogP contribution in [0.25, 0.3) is 6.08 Å². The zero-order valence-corrected chi connectivity index (χ0v) is 8.24. The van der Waals surface area contributed by atoms with E-state index in [4.69, 9.17) is 5.73 Å². The van der Waals surface area contributed by atoms with Gasteiger partial charge < -0.3 is 10.8 Å². The van der Waals surface area contributed by atoms with Gasteiger partial charge in [0.15, 0.2) is 0 Å². The van der Waals surface area contributed by atoms with E-state index in [-0.39, 0.29) is 5.75 Å². The van der Waals surface area contributed by atoms with Gasteiger partial charge in [0, 0.05) is 11.6 Å². The SMILES string of the molecule is Cc1ccc(/C=C\C(N)=O)c(O)c1C. The van der Waals surface area contributed by atoms with Crippen LogP contribution < -0.4 is 5.73 Å². The molecule has 0 aliphatic carbocycles. The zero-order valence-electron chi connectivity index (χ0n) is 8.24. The average molecular weight is 191 g/mol. The Morgan fingerprint density at radius 3 is 2.64 bits per heavy atom. The van der Waals surface area contributed by atoms with E-state index in [0.717, 1.165) is 11.1 Å². The van der Waals surface area contributed by atoms with Crippen LogP contribution in [0.2, 0.25) is 0 Å². The molecule has 3 N–H and O–H groups in total. The molecule has 0 fully saturated rings. The number of nitrogens with two attached hydrogens (primary N) is 1. The van der Waals surface area contributed by atoms with Crippen molar-refractivity contribution in [3.8, 4) is 5.75 Å². The lowest BCUT2D eigenvalue weighted by molar-refractivity contribution is -0.113. The molecule has 0 radical (unpaired) electrons. The average Bonchev–Trinajstić information content (AvgIpc) is 2.13. The molecule has 1 amide bonds. The summed E-state index contributed by atoms with van der Waals surface area (Å²) >= 11 is 0. The monoisotopic (exact) mass is 191 g/mol. The molecule has 3 nitrogen and oxygen atoms in total. The van der Waals surface area contributed by atoms with Gasteiger partial charge in [0.2, 0.25) is 5.91 Å². The van der Waals surface area contributed by atoms with Crippen molar-refractivity contribution in [1.29, 1.82) is 0 Å². The number of primary amides is 1. The highest BCUT2D eigenvalue weighted by molar-refractivity contribution is 5.90. The highest BCUT2D eigenvalue weighted by atomic mass is 16.3. The summed E-state index contributed by atoms with van der Waals surface area (Å²) in [5.41, 5.74) is 7.38. The van der Waals surface area contributed by atoms with Gasteiger partial charge in [-0.1, -0.05) is 12.1 Å². The second kappa shape index (κ2) is 3.96. The van der Waals surface area contributed by atoms with Crippen LogP contribution >= 0.6 is 0 Å². The highest BCUT2D eigenvalue weighted by Gasteiger charge is 2.03. The predicted octanol–water partition coefficient (Wildman–Crippen LogP) is 1.51. The Bertz CT molecular complexity index is 395. The summed E-state index contributed by atoms with van der Waals surface area (Å²) in [5.74, 6) is -0.329. The molecule has 0 aliphatic heterocycles. The minimum absolute atomic E-state index is 0.197. The molecule has 0 heterocycles. The largest absolute Gasteiger partial charge is 0.507 e. The number of phenolic OH excluding ortho intramolecular Hbond substituents is 1. The van der Waals surface area contributed by atoms with Crippen molar-refractivity contribution in [3.63, 3.8) is 0 Å². The number of carbonyl (C=O) groups is 1. The molecule has 0 unspecified atom stereocenters. The van der Waals surface area contributed by atoms with Crippen molar-refractivity contribution >= 4 is 12.0 Å². The molecule has 3 heteroatoms. The summed E-state index contributed by atoms with van der Waals surface area (Å²) in [6.45, 7) is 3.74. The first-order valence-corrected chi connectivity index (χ1v) is 4.29. The summed E-state index contributed by atoms with van der Waals surface area (Å²) in [5, 5.41) is 9.69. The second-order valence-electron chi connectivity index (χ2n) is 3.18. The van der Waals surface area contributed by atoms with Gasteiger partial charge in [-0.15, -0.1) is 0 Å². The van der Waals surface area contributed by atoms with Gasteiger partial charge in [-0.25, -0.2) is 0 Å². The van der Waals surface area contributed by atoms with Crippen LogP contribution in [0.1, 0.15) is 16.7 Å². The number of carbonyl (C=O) groups excluding carboxylic acids is 1. The molecule has 0 saturated heterocycles. The number of aryl methyl sites for hydroxylation is 1. The zero-order chi connectivity index (χ0) is 10.7. The molecule has 14 heavy (non-hydrogen) atoms. The maximum atomic E-state index is 10.5. The lowest BCUT2D eigenvalue weighted by Gasteiger charge is -2.05. The van der Waals surface area contributed by atoms with Gasteiger partial charge in [0.1, 0.15) is 5.75 Å². The standard InChI is InChI=1S/C11H13NO2/c1-7-3-4-9(5-6-10(12)13)11(14)8(7)2/h3-6,14H,1-2H3,(H2,12,13)/b6-5-. The molecule has 0 atom stereocenters. The van der Waals surface area contributed by atoms with Crippen LogP contribution in [-0.2, 0) is 4.79 Å². The van der Waals surface area contributed by atoms with E-state index >= 15 is 0 Å². The summed E-state index contributed by atoms with van der Waals surface area (Å²) in [7, 11) is 0. The van der Waals surface area contributed by atoms with Gasteiger partial charge in [0.05, 0.1) is 0 Å². The van der Waals surface area contributed by atoms with Crippen LogP contribution in [0, 0.1) is 13.8 Å². The van der Waals surface area contributed by atoms with Crippen molar-refractivity contribution in [2.45, 2.75) is 13.8 Å². The molecule has 74 valence electrons. The second-order valence-corrected chi connectivity index (χ2v) is 3.18. The van der Waals surface area contributed by atoms with Gasteiger partial charge in [-0.2, -0.15) is 0 Å². The van der Waals surface area contributed by atoms with Gasteiger partial charge in [0.25, 0.3) is 0 Å². The quantitative estimate of drug-likeness (QED) is 0.696. The predicted molar refractivity (Wildman–Crippen MR) is 55.8 cm³/mol. The Labute approximate surface area is 82.9 Å². The molecule has 0 aliphatic rings. The van der Waals surface area contributed by atoms with Crippen molar-refractivity contribution in [2.24, 2.45) is 5.73 Å². The third-order valence-corrected chi connectivity index (χ3v) is 2.16. The van der Waals surface area contributed by atoms with Crippen molar-refractivity contribution < 1.29 is 9.90 Å². The third kappa shape index (κ3) is 2.13. The van der Waals surface area contributed by atoms with Crippen LogP contribution in [0.4, 0.5) is 0 Å². The van der Waals surface area contributed by atoms with Crippen molar-refractivity contribution in [2.75, 3.05) is 0 Å². The molecular weight excluding hydrogens is 178 g/mol. The van der Waals surface area contributed by atoms with Crippen LogP contribution in [0.15, 0.2) is 18.2 Å². The fourth-order valence-corrected chi connectivity index (χ4v) is 1.13. The maximum Gasteiger partial charge on any atom is 0.241 e. The lowest BCUT2D eigenvalue weighted by atomic mass is 10.0. The molecular formula is C11H13NO2. The fraction of sp³-hybridized carbons (Fsp3) is 0.182. The van der Waals surface area contributed by atoms with Crippen LogP contribution in [-0.4, -0.2) is 11.0 Å². The molecule has 0 bridgehead atoms. The lowest BCUT2D eigenvalue weighted by Crippen LogP contribution is -2.05. The molecule has 1 aromatic carbocycles. The number of hydrogen-bond acceptors (Lipinski definition) is 2. The number of aromatic hydroxyl groups is 1. The first-order valence-electron chi connectivity index (χ1n) is 4.29. The summed E-state index contributed by atoms with van der Waals surface area (Å²) in [4.78, 5) is 10.5. The van der Waals surface area contributed by atoms with Crippen molar-refractivity contribution in [3.05, 3.63) is 34.9 Å². The van der Waals surface area contributed by atoms with Crippen LogP contribution in [0.5, 0.6) is 5.75 Å². The number of benzene rings is 1. The van der Waals surface area contributed by atoms with Gasteiger partial charge >= 0.3 is 0 Å². The Balaban J connectivity index is 3.12. The van der Waals surface area contributed by atoms with E-state index < -0.39 is 5.91 Å². The summed E-state index contributed by atoms with van der Waals surface area (Å²) in [6.07, 6.45) is 2.73. The minimum atomic E-state index is -0.525. The van der Waals surface area contributed by atoms with Crippen molar-refractivity contribution in [1.82, 2.24) is 0 Å². The summed E-state index contributed by atoms with van der Waals surface area (Å²) < 4.78 is 0. The number of rotatable bonds is 2. The number of amides is 1. The van der Waals surface area contributed by atoms with E-state index in [0.29, 0.717) is 5.56 Å². The third-order valence-electron chi connectivity index (χ3n) is 2.16. The minimum Gasteiger partial charge on any atom is -0.507 e. The molecule has 1 aromatic rings. The number of phenols is 1. The first kappa shape index (κ1) is 10.3. The number of hydrogen-bond donors (Lipinski definition) is 2. The highest BCUT2D eigenvalue weighted by Crippen LogP contribution is 2.25. The Kier molecular flexibility index (Phi) is 2.92. The normalized spacial score (nSPS) is 10.7.